The number of para-hydroxylation sites is 1. The number of hydrogen-bond donors (Lipinski definition) is 0. The average Bonchev–Trinajstić information content (AvgIpc) is 3.44. The Kier molecular flexibility index (Phi) is 5.07. The molecule has 3 heterocycles. The molecule has 0 saturated carbocycles. The summed E-state index contributed by atoms with van der Waals surface area (Å²) < 4.78 is 7.15. The van der Waals surface area contributed by atoms with Gasteiger partial charge in [0.15, 0.2) is 5.82 Å². The lowest BCUT2D eigenvalue weighted by Crippen LogP contribution is -2.32. The van der Waals surface area contributed by atoms with E-state index in [0.717, 1.165) is 23.2 Å². The Balaban J connectivity index is 1.59. The van der Waals surface area contributed by atoms with E-state index in [1.165, 1.54) is 15.9 Å². The number of fused-ring (bicyclic) bond motifs is 2. The molecule has 7 nitrogen and oxygen atoms in total. The average molecular weight is 445 g/mol. The summed E-state index contributed by atoms with van der Waals surface area (Å²) in [6.45, 7) is 6.68. The molecule has 0 saturated heterocycles. The van der Waals surface area contributed by atoms with Crippen molar-refractivity contribution in [2.75, 3.05) is 18.1 Å². The second kappa shape index (κ2) is 8.05. The number of ether oxygens (including phenoxy) is 1. The van der Waals surface area contributed by atoms with Crippen molar-refractivity contribution >= 4 is 33.5 Å². The number of aromatic nitrogens is 3. The standard InChI is InChI=1S/C24H20N4O3S/c1-3-13-27-18-8-6-5-7-17(18)19(22(27)29)20-23(30)28-24(32-20)25-21(26-28)15-9-11-16(12-10-15)31-14-4-2/h4-12H,2-3,13-14H2,1H3. The monoisotopic (exact) mass is 444 g/mol. The molecule has 0 N–H and O–H groups in total. The molecular weight excluding hydrogens is 424 g/mol. The molecular formula is C24H20N4O3S. The number of hydrogen-bond acceptors (Lipinski definition) is 6. The summed E-state index contributed by atoms with van der Waals surface area (Å²) in [7, 11) is 0. The van der Waals surface area contributed by atoms with Gasteiger partial charge in [0, 0.05) is 17.7 Å². The number of anilines is 1. The van der Waals surface area contributed by atoms with E-state index >= 15 is 0 Å². The molecule has 2 aromatic heterocycles. The van der Waals surface area contributed by atoms with E-state index < -0.39 is 0 Å². The number of nitrogens with zero attached hydrogens (tertiary/aromatic N) is 4. The topological polar surface area (TPSA) is 76.8 Å². The first-order valence-electron chi connectivity index (χ1n) is 10.3. The summed E-state index contributed by atoms with van der Waals surface area (Å²) in [6, 6.07) is 14.9. The quantitative estimate of drug-likeness (QED) is 0.427. The Bertz CT molecular complexity index is 1450. The fraction of sp³-hybridized carbons (Fsp3) is 0.167. The second-order valence-electron chi connectivity index (χ2n) is 7.34. The summed E-state index contributed by atoms with van der Waals surface area (Å²) in [5.74, 6) is 1.02. The largest absolute Gasteiger partial charge is 0.490 e. The predicted octanol–water partition coefficient (Wildman–Crippen LogP) is 3.06. The summed E-state index contributed by atoms with van der Waals surface area (Å²) >= 11 is 1.19. The minimum atomic E-state index is -0.328. The van der Waals surface area contributed by atoms with E-state index in [-0.39, 0.29) is 11.5 Å². The van der Waals surface area contributed by atoms with E-state index in [2.05, 4.69) is 16.7 Å². The van der Waals surface area contributed by atoms with Crippen LogP contribution in [0.1, 0.15) is 18.9 Å². The first-order chi connectivity index (χ1) is 15.6. The molecule has 1 aliphatic rings. The van der Waals surface area contributed by atoms with E-state index in [4.69, 9.17) is 4.74 Å². The highest BCUT2D eigenvalue weighted by molar-refractivity contribution is 7.15. The van der Waals surface area contributed by atoms with Crippen LogP contribution in [-0.2, 0) is 4.79 Å². The Morgan fingerprint density at radius 1 is 1.12 bits per heavy atom. The molecule has 8 heteroatoms. The summed E-state index contributed by atoms with van der Waals surface area (Å²) in [6.07, 6.45) is 2.51. The van der Waals surface area contributed by atoms with Gasteiger partial charge >= 0.3 is 0 Å². The molecule has 160 valence electrons. The third kappa shape index (κ3) is 3.20. The Morgan fingerprint density at radius 3 is 2.62 bits per heavy atom. The molecule has 2 aromatic carbocycles. The molecule has 0 bridgehead atoms. The van der Waals surface area contributed by atoms with Crippen molar-refractivity contribution in [2.45, 2.75) is 13.3 Å². The molecule has 1 amide bonds. The van der Waals surface area contributed by atoms with Gasteiger partial charge in [0.1, 0.15) is 16.9 Å². The first kappa shape index (κ1) is 20.1. The molecule has 0 atom stereocenters. The van der Waals surface area contributed by atoms with Crippen LogP contribution in [0.5, 0.6) is 5.75 Å². The fourth-order valence-electron chi connectivity index (χ4n) is 3.81. The van der Waals surface area contributed by atoms with Gasteiger partial charge in [0.25, 0.3) is 11.5 Å². The normalized spacial score (nSPS) is 14.8. The highest BCUT2D eigenvalue weighted by Crippen LogP contribution is 2.35. The number of carbonyl (C=O) groups excluding carboxylic acids is 1. The van der Waals surface area contributed by atoms with Gasteiger partial charge in [-0.2, -0.15) is 9.50 Å². The molecule has 4 aromatic rings. The zero-order chi connectivity index (χ0) is 22.2. The van der Waals surface area contributed by atoms with Crippen molar-refractivity contribution in [3.63, 3.8) is 0 Å². The Hall–Kier alpha value is -3.78. The highest BCUT2D eigenvalue weighted by atomic mass is 32.1. The molecule has 0 radical (unpaired) electrons. The maximum atomic E-state index is 13.2. The second-order valence-corrected chi connectivity index (χ2v) is 8.32. The van der Waals surface area contributed by atoms with Crippen molar-refractivity contribution < 1.29 is 9.53 Å². The van der Waals surface area contributed by atoms with Crippen LogP contribution < -0.4 is 19.7 Å². The minimum Gasteiger partial charge on any atom is -0.490 e. The van der Waals surface area contributed by atoms with Gasteiger partial charge in [-0.25, -0.2) is 0 Å². The lowest BCUT2D eigenvalue weighted by molar-refractivity contribution is -0.113. The van der Waals surface area contributed by atoms with Crippen LogP contribution in [0.3, 0.4) is 0 Å². The number of rotatable bonds is 6. The zero-order valence-electron chi connectivity index (χ0n) is 17.4. The van der Waals surface area contributed by atoms with E-state index in [1.54, 1.807) is 11.0 Å². The number of amides is 1. The Labute approximate surface area is 187 Å². The van der Waals surface area contributed by atoms with Crippen LogP contribution in [-0.4, -0.2) is 33.7 Å². The third-order valence-corrected chi connectivity index (χ3v) is 6.26. The van der Waals surface area contributed by atoms with Gasteiger partial charge in [0.05, 0.1) is 11.3 Å². The van der Waals surface area contributed by atoms with E-state index in [0.29, 0.717) is 39.8 Å². The van der Waals surface area contributed by atoms with Crippen LogP contribution in [0.4, 0.5) is 5.69 Å². The number of thiazole rings is 1. The van der Waals surface area contributed by atoms with Crippen LogP contribution in [0, 0.1) is 0 Å². The van der Waals surface area contributed by atoms with Crippen LogP contribution >= 0.6 is 11.3 Å². The van der Waals surface area contributed by atoms with Gasteiger partial charge in [-0.15, -0.1) is 5.10 Å². The smallest absolute Gasteiger partial charge is 0.291 e. The fourth-order valence-corrected chi connectivity index (χ4v) is 4.81. The van der Waals surface area contributed by atoms with Gasteiger partial charge < -0.3 is 9.64 Å². The third-order valence-electron chi connectivity index (χ3n) is 5.24. The van der Waals surface area contributed by atoms with Crippen molar-refractivity contribution in [1.29, 1.82) is 0 Å². The summed E-state index contributed by atoms with van der Waals surface area (Å²) in [4.78, 5) is 33.1. The van der Waals surface area contributed by atoms with Crippen molar-refractivity contribution in [3.05, 3.63) is 81.6 Å². The van der Waals surface area contributed by atoms with Gasteiger partial charge in [-0.3, -0.25) is 9.59 Å². The Morgan fingerprint density at radius 2 is 1.91 bits per heavy atom. The molecule has 32 heavy (non-hydrogen) atoms. The summed E-state index contributed by atoms with van der Waals surface area (Å²) in [5, 5.41) is 4.41. The molecule has 0 fully saturated rings. The van der Waals surface area contributed by atoms with Crippen molar-refractivity contribution in [2.24, 2.45) is 0 Å². The molecule has 0 aliphatic carbocycles. The first-order valence-corrected chi connectivity index (χ1v) is 11.1. The lowest BCUT2D eigenvalue weighted by atomic mass is 10.1. The molecule has 5 rings (SSSR count). The lowest BCUT2D eigenvalue weighted by Gasteiger charge is -2.15. The van der Waals surface area contributed by atoms with E-state index in [9.17, 15) is 9.59 Å². The molecule has 0 unspecified atom stereocenters. The predicted molar refractivity (Wildman–Crippen MR) is 125 cm³/mol. The number of benzene rings is 2. The van der Waals surface area contributed by atoms with Crippen molar-refractivity contribution in [1.82, 2.24) is 14.6 Å². The molecule has 0 spiro atoms. The van der Waals surface area contributed by atoms with E-state index in [1.807, 2.05) is 55.5 Å². The SMILES string of the molecule is C=CCOc1ccc(-c2nc3sc(=C4C(=O)N(CCC)c5ccccc54)c(=O)n3n2)cc1. The van der Waals surface area contributed by atoms with Crippen molar-refractivity contribution in [3.8, 4) is 17.1 Å². The number of carbonyl (C=O) groups is 1. The summed E-state index contributed by atoms with van der Waals surface area (Å²) in [5.41, 5.74) is 2.50. The zero-order valence-corrected chi connectivity index (χ0v) is 18.3. The molecule has 1 aliphatic heterocycles. The maximum Gasteiger partial charge on any atom is 0.291 e. The highest BCUT2D eigenvalue weighted by Gasteiger charge is 2.33. The maximum absolute atomic E-state index is 13.2. The van der Waals surface area contributed by atoms with Crippen LogP contribution in [0.15, 0.2) is 66.0 Å². The minimum absolute atomic E-state index is 0.148. The van der Waals surface area contributed by atoms with Gasteiger partial charge in [-0.1, -0.05) is 49.1 Å². The van der Waals surface area contributed by atoms with Gasteiger partial charge in [-0.05, 0) is 36.8 Å². The van der Waals surface area contributed by atoms with Crippen LogP contribution in [0.2, 0.25) is 0 Å². The van der Waals surface area contributed by atoms with Gasteiger partial charge in [0.2, 0.25) is 4.96 Å². The van der Waals surface area contributed by atoms with Crippen LogP contribution in [0.25, 0.3) is 21.9 Å².